The molecule has 0 spiro atoms. The van der Waals surface area contributed by atoms with Crippen molar-refractivity contribution in [1.82, 2.24) is 4.90 Å². The van der Waals surface area contributed by atoms with Crippen molar-refractivity contribution in [3.8, 4) is 17.2 Å². The Balaban J connectivity index is 1.51. The number of methoxy groups -OCH3 is 1. The molecule has 2 aliphatic heterocycles. The Morgan fingerprint density at radius 2 is 2.07 bits per heavy atom. The van der Waals surface area contributed by atoms with Gasteiger partial charge in [0.15, 0.2) is 11.5 Å². The van der Waals surface area contributed by atoms with Gasteiger partial charge in [-0.25, -0.2) is 0 Å². The molecule has 28 heavy (non-hydrogen) atoms. The second-order valence-corrected chi connectivity index (χ2v) is 7.03. The molecule has 8 heteroatoms. The van der Waals surface area contributed by atoms with Crippen LogP contribution in [0.2, 0.25) is 5.02 Å². The highest BCUT2D eigenvalue weighted by atomic mass is 35.5. The smallest absolute Gasteiger partial charge is 0.247 e. The molecule has 2 amide bonds. The van der Waals surface area contributed by atoms with E-state index in [1.165, 1.54) is 7.11 Å². The molecule has 1 atom stereocenters. The minimum Gasteiger partial charge on any atom is -0.495 e. The minimum atomic E-state index is -0.568. The third-order valence-corrected chi connectivity index (χ3v) is 5.08. The Labute approximate surface area is 167 Å². The number of fused-ring (bicyclic) bond motifs is 1. The molecule has 0 aliphatic carbocycles. The summed E-state index contributed by atoms with van der Waals surface area (Å²) >= 11 is 6.03. The van der Waals surface area contributed by atoms with Crippen LogP contribution in [0.3, 0.4) is 0 Å². The summed E-state index contributed by atoms with van der Waals surface area (Å²) in [6, 6.07) is 9.93. The van der Waals surface area contributed by atoms with E-state index in [0.717, 1.165) is 5.56 Å². The number of halogens is 1. The Bertz CT molecular complexity index is 933. The first-order valence-corrected chi connectivity index (χ1v) is 9.25. The summed E-state index contributed by atoms with van der Waals surface area (Å²) in [5.74, 6) is 1.50. The zero-order valence-electron chi connectivity index (χ0n) is 15.2. The number of nitrogens with one attached hydrogen (secondary N) is 1. The maximum Gasteiger partial charge on any atom is 0.247 e. The normalized spacial score (nSPS) is 17.7. The fourth-order valence-electron chi connectivity index (χ4n) is 3.43. The van der Waals surface area contributed by atoms with Crippen molar-refractivity contribution in [3.63, 3.8) is 0 Å². The Morgan fingerprint density at radius 1 is 1.25 bits per heavy atom. The van der Waals surface area contributed by atoms with Crippen molar-refractivity contribution in [2.75, 3.05) is 19.2 Å². The molecule has 1 saturated heterocycles. The number of anilines is 1. The average Bonchev–Trinajstić information content (AvgIpc) is 3.29. The molecule has 0 bridgehead atoms. The van der Waals surface area contributed by atoms with Gasteiger partial charge in [0.25, 0.3) is 0 Å². The molecule has 2 aromatic rings. The summed E-state index contributed by atoms with van der Waals surface area (Å²) < 4.78 is 16.0. The number of nitrogens with zero attached hydrogens (tertiary/aromatic N) is 1. The van der Waals surface area contributed by atoms with Gasteiger partial charge in [0.2, 0.25) is 18.6 Å². The van der Waals surface area contributed by atoms with Crippen LogP contribution in [0.15, 0.2) is 36.4 Å². The predicted molar refractivity (Wildman–Crippen MR) is 103 cm³/mol. The van der Waals surface area contributed by atoms with E-state index in [-0.39, 0.29) is 18.6 Å². The molecule has 2 aromatic carbocycles. The number of benzene rings is 2. The number of hydrogen-bond donors (Lipinski definition) is 1. The lowest BCUT2D eigenvalue weighted by atomic mass is 10.1. The average molecular weight is 403 g/mol. The molecule has 1 N–H and O–H groups in total. The van der Waals surface area contributed by atoms with Gasteiger partial charge < -0.3 is 24.4 Å². The van der Waals surface area contributed by atoms with Crippen LogP contribution in [-0.2, 0) is 16.1 Å². The molecular weight excluding hydrogens is 384 g/mol. The zero-order valence-corrected chi connectivity index (χ0v) is 16.0. The SMILES string of the molecule is COc1ccc(Cl)cc1NC(=O)C1CCC(=O)N1Cc1ccc2c(c1)OCO2. The van der Waals surface area contributed by atoms with Gasteiger partial charge in [-0.15, -0.1) is 0 Å². The summed E-state index contributed by atoms with van der Waals surface area (Å²) in [6.45, 7) is 0.508. The van der Waals surface area contributed by atoms with Crippen LogP contribution in [0.1, 0.15) is 18.4 Å². The number of carbonyl (C=O) groups is 2. The summed E-state index contributed by atoms with van der Waals surface area (Å²) in [6.07, 6.45) is 0.785. The van der Waals surface area contributed by atoms with E-state index in [4.69, 9.17) is 25.8 Å². The van der Waals surface area contributed by atoms with Gasteiger partial charge in [0.05, 0.1) is 12.8 Å². The molecule has 0 radical (unpaired) electrons. The topological polar surface area (TPSA) is 77.1 Å². The van der Waals surface area contributed by atoms with Gasteiger partial charge in [-0.2, -0.15) is 0 Å². The summed E-state index contributed by atoms with van der Waals surface area (Å²) in [5.41, 5.74) is 1.35. The fourth-order valence-corrected chi connectivity index (χ4v) is 3.61. The number of amides is 2. The van der Waals surface area contributed by atoms with Crippen molar-refractivity contribution in [2.45, 2.75) is 25.4 Å². The first kappa shape index (κ1) is 18.4. The molecule has 0 saturated carbocycles. The van der Waals surface area contributed by atoms with Crippen LogP contribution in [0, 0.1) is 0 Å². The van der Waals surface area contributed by atoms with E-state index in [1.54, 1.807) is 23.1 Å². The third-order valence-electron chi connectivity index (χ3n) is 4.84. The molecule has 4 rings (SSSR count). The number of likely N-dealkylation sites (tertiary alicyclic amines) is 1. The van der Waals surface area contributed by atoms with Crippen molar-refractivity contribution in [2.24, 2.45) is 0 Å². The molecule has 1 fully saturated rings. The first-order chi connectivity index (χ1) is 13.5. The molecule has 0 aromatic heterocycles. The van der Waals surface area contributed by atoms with Gasteiger partial charge in [0.1, 0.15) is 11.8 Å². The number of rotatable bonds is 5. The number of carbonyl (C=O) groups excluding carboxylic acids is 2. The zero-order chi connectivity index (χ0) is 19.7. The van der Waals surface area contributed by atoms with E-state index in [2.05, 4.69) is 5.32 Å². The van der Waals surface area contributed by atoms with Crippen LogP contribution < -0.4 is 19.5 Å². The van der Waals surface area contributed by atoms with E-state index in [1.807, 2.05) is 18.2 Å². The lowest BCUT2D eigenvalue weighted by Gasteiger charge is -2.24. The van der Waals surface area contributed by atoms with Crippen molar-refractivity contribution in [1.29, 1.82) is 0 Å². The maximum absolute atomic E-state index is 12.9. The Morgan fingerprint density at radius 3 is 2.89 bits per heavy atom. The van der Waals surface area contributed by atoms with Gasteiger partial charge in [0, 0.05) is 18.0 Å². The monoisotopic (exact) mass is 402 g/mol. The Hall–Kier alpha value is -2.93. The van der Waals surface area contributed by atoms with E-state index in [9.17, 15) is 9.59 Å². The van der Waals surface area contributed by atoms with Crippen LogP contribution in [-0.4, -0.2) is 36.7 Å². The van der Waals surface area contributed by atoms with Crippen molar-refractivity contribution < 1.29 is 23.8 Å². The second kappa shape index (κ2) is 7.59. The summed E-state index contributed by atoms with van der Waals surface area (Å²) in [7, 11) is 1.52. The molecule has 1 unspecified atom stereocenters. The van der Waals surface area contributed by atoms with Crippen molar-refractivity contribution in [3.05, 3.63) is 47.0 Å². The van der Waals surface area contributed by atoms with Crippen LogP contribution >= 0.6 is 11.6 Å². The maximum atomic E-state index is 12.9. The predicted octanol–water partition coefficient (Wildman–Crippen LogP) is 3.21. The van der Waals surface area contributed by atoms with E-state index >= 15 is 0 Å². The molecule has 7 nitrogen and oxygen atoms in total. The summed E-state index contributed by atoms with van der Waals surface area (Å²) in [5, 5.41) is 3.32. The molecule has 2 heterocycles. The van der Waals surface area contributed by atoms with Gasteiger partial charge in [-0.3, -0.25) is 9.59 Å². The van der Waals surface area contributed by atoms with E-state index < -0.39 is 6.04 Å². The lowest BCUT2D eigenvalue weighted by Crippen LogP contribution is -2.41. The first-order valence-electron chi connectivity index (χ1n) is 8.87. The third kappa shape index (κ3) is 3.57. The fraction of sp³-hybridized carbons (Fsp3) is 0.300. The highest BCUT2D eigenvalue weighted by Crippen LogP contribution is 2.34. The molecule has 146 valence electrons. The summed E-state index contributed by atoms with van der Waals surface area (Å²) in [4.78, 5) is 26.9. The second-order valence-electron chi connectivity index (χ2n) is 6.60. The highest BCUT2D eigenvalue weighted by molar-refractivity contribution is 6.31. The van der Waals surface area contributed by atoms with E-state index in [0.29, 0.717) is 47.3 Å². The Kier molecular flexibility index (Phi) is 5.00. The van der Waals surface area contributed by atoms with Crippen molar-refractivity contribution >= 4 is 29.1 Å². The van der Waals surface area contributed by atoms with Gasteiger partial charge in [-0.1, -0.05) is 17.7 Å². The van der Waals surface area contributed by atoms with Crippen LogP contribution in [0.4, 0.5) is 5.69 Å². The van der Waals surface area contributed by atoms with Crippen LogP contribution in [0.5, 0.6) is 17.2 Å². The molecular formula is C20H19ClN2O5. The standard InChI is InChI=1S/C20H19ClN2O5/c1-26-16-6-3-13(21)9-14(16)22-20(25)15-4-7-19(24)23(15)10-12-2-5-17-18(8-12)28-11-27-17/h2-3,5-6,8-9,15H,4,7,10-11H2,1H3,(H,22,25). The lowest BCUT2D eigenvalue weighted by molar-refractivity contribution is -0.133. The quantitative estimate of drug-likeness (QED) is 0.831. The highest BCUT2D eigenvalue weighted by Gasteiger charge is 2.36. The largest absolute Gasteiger partial charge is 0.495 e. The minimum absolute atomic E-state index is 0.0594. The number of hydrogen-bond acceptors (Lipinski definition) is 5. The van der Waals surface area contributed by atoms with Gasteiger partial charge >= 0.3 is 0 Å². The molecule has 2 aliphatic rings. The van der Waals surface area contributed by atoms with Crippen LogP contribution in [0.25, 0.3) is 0 Å². The number of ether oxygens (including phenoxy) is 3. The van der Waals surface area contributed by atoms with Gasteiger partial charge in [-0.05, 0) is 42.3 Å².